The molecule has 0 spiro atoms. The second-order valence-corrected chi connectivity index (χ2v) is 26.5. The zero-order valence-corrected chi connectivity index (χ0v) is 53.5. The van der Waals surface area contributed by atoms with Gasteiger partial charge in [-0.25, -0.2) is 0 Å². The first kappa shape index (κ1) is 66.5. The van der Waals surface area contributed by atoms with Crippen molar-refractivity contribution in [3.05, 3.63) is 205 Å². The maximum atomic E-state index is 13.6. The zero-order valence-electron chi connectivity index (χ0n) is 53.5. The van der Waals surface area contributed by atoms with Gasteiger partial charge in [-0.3, -0.25) is 0 Å². The van der Waals surface area contributed by atoms with Crippen molar-refractivity contribution in [3.8, 4) is 144 Å². The van der Waals surface area contributed by atoms with E-state index >= 15 is 0 Å². The molecule has 0 aliphatic carbocycles. The molecule has 0 saturated carbocycles. The number of hydrogen-bond acceptors (Lipinski definition) is 30. The molecule has 0 aromatic heterocycles. The SMILES string of the molecule is Oc1cc(O)c2c(c1)O[C@H](c1ccc(O)c(O)c1)[C@H](O)[C@H]2c1c(O)cc(O)c2c1O[C@H](c1ccc(O)c(O)c1)[C@H](O)[C@H]2c1c(O)cc(O)c2c1O[C@@]1(c3ccc(O)c(O)c3)Oc3cc(O)c4c(c3[C@@H]2[C@H]1O)O[C@H](c1ccc(O)c(O)c1)[C@H](O)[C@@H]4c1c(O)cc(O)c2c1O[C@@H](c1ccc(O)c(O)c1)[C@@H](O)C2. The van der Waals surface area contributed by atoms with Crippen molar-refractivity contribution in [1.29, 1.82) is 0 Å². The summed E-state index contributed by atoms with van der Waals surface area (Å²) in [6, 6.07) is 21.3. The van der Waals surface area contributed by atoms with E-state index in [-0.39, 0.29) is 39.1 Å². The van der Waals surface area contributed by atoms with Crippen LogP contribution in [0.5, 0.6) is 144 Å². The fraction of sp³-hybridized carbons (Fsp3) is 0.200. The smallest absolute Gasteiger partial charge is 0.305 e. The van der Waals surface area contributed by atoms with Gasteiger partial charge < -0.3 is 151 Å². The summed E-state index contributed by atoms with van der Waals surface area (Å²) in [6.07, 6.45) is -17.7. The average molecular weight is 1440 g/mol. The summed E-state index contributed by atoms with van der Waals surface area (Å²) < 4.78 is 40.0. The van der Waals surface area contributed by atoms with E-state index in [0.717, 1.165) is 103 Å². The Morgan fingerprint density at radius 2 is 0.629 bits per heavy atom. The predicted octanol–water partition coefficient (Wildman–Crippen LogP) is 7.14. The van der Waals surface area contributed by atoms with E-state index in [1.54, 1.807) is 0 Å². The van der Waals surface area contributed by atoms with Gasteiger partial charge in [0, 0.05) is 98.5 Å². The second kappa shape index (κ2) is 23.5. The molecule has 540 valence electrons. The molecule has 6 aliphatic heterocycles. The zero-order chi connectivity index (χ0) is 74.3. The first-order valence-corrected chi connectivity index (χ1v) is 32.2. The minimum absolute atomic E-state index is 0.0427. The minimum Gasteiger partial charge on any atom is -0.508 e. The molecule has 14 atom stereocenters. The summed E-state index contributed by atoms with van der Waals surface area (Å²) in [7, 11) is 0. The third-order valence-corrected chi connectivity index (χ3v) is 20.5. The van der Waals surface area contributed by atoms with Gasteiger partial charge >= 0.3 is 5.79 Å². The lowest BCUT2D eigenvalue weighted by Gasteiger charge is -2.52. The first-order chi connectivity index (χ1) is 49.9. The van der Waals surface area contributed by atoms with Crippen LogP contribution in [0.15, 0.2) is 127 Å². The van der Waals surface area contributed by atoms with Crippen molar-refractivity contribution < 1.29 is 151 Å². The molecule has 0 fully saturated rings. The predicted molar refractivity (Wildman–Crippen MR) is 354 cm³/mol. The van der Waals surface area contributed by atoms with Gasteiger partial charge in [0.2, 0.25) is 0 Å². The van der Waals surface area contributed by atoms with Crippen LogP contribution in [-0.2, 0) is 12.2 Å². The molecule has 10 aromatic carbocycles. The van der Waals surface area contributed by atoms with Crippen molar-refractivity contribution in [3.63, 3.8) is 0 Å². The van der Waals surface area contributed by atoms with Gasteiger partial charge in [0.25, 0.3) is 0 Å². The van der Waals surface area contributed by atoms with Crippen LogP contribution in [0.1, 0.15) is 126 Å². The van der Waals surface area contributed by atoms with Gasteiger partial charge in [0.1, 0.15) is 117 Å². The summed E-state index contributed by atoms with van der Waals surface area (Å²) in [5.74, 6) is -28.8. The molecule has 30 nitrogen and oxygen atoms in total. The van der Waals surface area contributed by atoms with Gasteiger partial charge in [-0.05, 0) is 89.0 Å². The van der Waals surface area contributed by atoms with Crippen molar-refractivity contribution >= 4 is 0 Å². The lowest BCUT2D eigenvalue weighted by molar-refractivity contribution is -0.219. The molecule has 6 heterocycles. The van der Waals surface area contributed by atoms with Gasteiger partial charge in [-0.2, -0.15) is 0 Å². The Bertz CT molecular complexity index is 5350. The van der Waals surface area contributed by atoms with Crippen LogP contribution in [-0.4, -0.2) is 153 Å². The highest BCUT2D eigenvalue weighted by molar-refractivity contribution is 5.76. The summed E-state index contributed by atoms with van der Waals surface area (Å²) in [4.78, 5) is 0. The van der Waals surface area contributed by atoms with Crippen molar-refractivity contribution in [2.45, 2.75) is 90.8 Å². The van der Waals surface area contributed by atoms with Crippen LogP contribution in [0.3, 0.4) is 0 Å². The minimum atomic E-state index is -2.91. The molecule has 0 unspecified atom stereocenters. The first-order valence-electron chi connectivity index (χ1n) is 32.2. The van der Waals surface area contributed by atoms with Crippen LogP contribution in [0.4, 0.5) is 0 Å². The maximum absolute atomic E-state index is 13.6. The molecule has 24 N–H and O–H groups in total. The number of fused-ring (bicyclic) bond motifs is 11. The van der Waals surface area contributed by atoms with Gasteiger partial charge in [0.05, 0.1) is 29.8 Å². The molecular weight excluding hydrogens is 1380 g/mol. The molecule has 0 amide bonds. The Labute approximate surface area is 588 Å². The number of phenolic OH excluding ortho intramolecular Hbond substituents is 19. The standard InChI is InChI=1S/C75H60O30/c76-28-16-41(88)51-49(17-28)100-67(24-2-7-31(78)37(84)12-24)63(96)59(51)53-43(90)20-44(91)54-61(65(98)68(102-71(53)54)25-3-8-32(79)38(85)13-25)56-45(92)21-46(93)57-62-58-50(104-75(74(62)99,105-73(56)57)27-5-10-34(81)40(87)15-27)22-47(94)55-60(64(97)69(103-72(55)58)26-4-9-33(80)39(86)14-26)52-42(89)19-35(82)29-18-48(95)66(101-70(29)52)23-1-6-30(77)36(83)11-23/h1-17,19-22,48,59-69,74,76-99H,18H2/t48-,59+,60+,61+,62+,63+,64+,65+,66-,67+,68+,69+,74+,75+/m0/s1. The average Bonchev–Trinajstić information content (AvgIpc) is 0.690. The lowest BCUT2D eigenvalue weighted by atomic mass is 9.69. The molecule has 30 heteroatoms. The highest BCUT2D eigenvalue weighted by atomic mass is 16.7. The van der Waals surface area contributed by atoms with Crippen molar-refractivity contribution in [2.24, 2.45) is 0 Å². The fourth-order valence-electron chi connectivity index (χ4n) is 15.8. The Balaban J connectivity index is 0.966. The monoisotopic (exact) mass is 1440 g/mol. The lowest BCUT2D eigenvalue weighted by Crippen LogP contribution is -2.58. The number of aromatic hydroxyl groups is 19. The van der Waals surface area contributed by atoms with Crippen LogP contribution in [0.2, 0.25) is 0 Å². The quantitative estimate of drug-likeness (QED) is 0.0672. The summed E-state index contributed by atoms with van der Waals surface area (Å²) in [6.45, 7) is 0. The summed E-state index contributed by atoms with van der Waals surface area (Å²) >= 11 is 0. The molecular formula is C75H60O30. The normalized spacial score (nSPS) is 25.1. The topological polar surface area (TPSA) is 541 Å². The van der Waals surface area contributed by atoms with Crippen LogP contribution in [0, 0.1) is 0 Å². The molecule has 10 aromatic rings. The van der Waals surface area contributed by atoms with Crippen LogP contribution >= 0.6 is 0 Å². The van der Waals surface area contributed by atoms with E-state index < -0.39 is 273 Å². The third kappa shape index (κ3) is 9.89. The molecule has 0 saturated heterocycles. The van der Waals surface area contributed by atoms with Gasteiger partial charge in [-0.15, -0.1) is 0 Å². The molecule has 16 rings (SSSR count). The molecule has 6 aliphatic rings. The summed E-state index contributed by atoms with van der Waals surface area (Å²) in [5, 5.41) is 282. The molecule has 0 radical (unpaired) electrons. The number of ether oxygens (including phenoxy) is 6. The summed E-state index contributed by atoms with van der Waals surface area (Å²) in [5.41, 5.74) is -5.07. The van der Waals surface area contributed by atoms with Crippen molar-refractivity contribution in [1.82, 2.24) is 0 Å². The third-order valence-electron chi connectivity index (χ3n) is 20.5. The second-order valence-electron chi connectivity index (χ2n) is 26.5. The van der Waals surface area contributed by atoms with Gasteiger partial charge in [-0.1, -0.05) is 24.3 Å². The number of phenols is 19. The fourth-order valence-corrected chi connectivity index (χ4v) is 15.8. The van der Waals surface area contributed by atoms with E-state index in [4.69, 9.17) is 28.4 Å². The highest BCUT2D eigenvalue weighted by Gasteiger charge is 2.63. The Morgan fingerprint density at radius 1 is 0.267 bits per heavy atom. The Kier molecular flexibility index (Phi) is 14.9. The maximum Gasteiger partial charge on any atom is 0.305 e. The van der Waals surface area contributed by atoms with E-state index in [1.165, 1.54) is 24.3 Å². The Hall–Kier alpha value is -13.0. The van der Waals surface area contributed by atoms with E-state index in [1.807, 2.05) is 0 Å². The van der Waals surface area contributed by atoms with E-state index in [9.17, 15) is 123 Å². The van der Waals surface area contributed by atoms with Gasteiger partial charge in [0.15, 0.2) is 75.8 Å². The Morgan fingerprint density at radius 3 is 1.10 bits per heavy atom. The highest BCUT2D eigenvalue weighted by Crippen LogP contribution is 2.69. The number of hydrogen-bond donors (Lipinski definition) is 24. The van der Waals surface area contributed by atoms with Crippen LogP contribution in [0.25, 0.3) is 0 Å². The number of aliphatic hydroxyl groups excluding tert-OH is 5. The number of rotatable bonds is 8. The number of benzene rings is 10. The van der Waals surface area contributed by atoms with Crippen molar-refractivity contribution in [2.75, 3.05) is 0 Å². The molecule has 2 bridgehead atoms. The largest absolute Gasteiger partial charge is 0.508 e. The number of aliphatic hydroxyl groups is 5. The van der Waals surface area contributed by atoms with E-state index in [0.29, 0.717) is 0 Å². The van der Waals surface area contributed by atoms with E-state index in [2.05, 4.69) is 0 Å². The van der Waals surface area contributed by atoms with Crippen LogP contribution < -0.4 is 28.4 Å². The molecule has 105 heavy (non-hydrogen) atoms.